The molecule has 0 radical (unpaired) electrons. The first-order chi connectivity index (χ1) is 10.1. The highest BCUT2D eigenvalue weighted by molar-refractivity contribution is 6.33. The van der Waals surface area contributed by atoms with Gasteiger partial charge < -0.3 is 15.2 Å². The van der Waals surface area contributed by atoms with Gasteiger partial charge >= 0.3 is 11.9 Å². The van der Waals surface area contributed by atoms with Gasteiger partial charge in [-0.3, -0.25) is 9.59 Å². The van der Waals surface area contributed by atoms with Crippen molar-refractivity contribution in [1.82, 2.24) is 0 Å². The Labute approximate surface area is 133 Å². The average molecular weight is 328 g/mol. The van der Waals surface area contributed by atoms with E-state index in [1.165, 1.54) is 25.3 Å². The summed E-state index contributed by atoms with van der Waals surface area (Å²) in [5.74, 6) is -1.89. The number of carboxylic acids is 1. The summed E-state index contributed by atoms with van der Waals surface area (Å²) < 4.78 is 4.60. The maximum absolute atomic E-state index is 12.0. The van der Waals surface area contributed by atoms with Gasteiger partial charge in [-0.1, -0.05) is 25.4 Å². The number of hydrogen-bond donors (Lipinski definition) is 2. The van der Waals surface area contributed by atoms with E-state index in [-0.39, 0.29) is 35.0 Å². The maximum Gasteiger partial charge on any atom is 0.337 e. The summed E-state index contributed by atoms with van der Waals surface area (Å²) in [5, 5.41) is 11.7. The van der Waals surface area contributed by atoms with Crippen LogP contribution in [0.5, 0.6) is 0 Å². The Bertz CT molecular complexity index is 598. The van der Waals surface area contributed by atoms with Crippen LogP contribution in [0.15, 0.2) is 18.2 Å². The van der Waals surface area contributed by atoms with E-state index in [0.29, 0.717) is 0 Å². The van der Waals surface area contributed by atoms with Gasteiger partial charge in [-0.25, -0.2) is 4.79 Å². The third kappa shape index (κ3) is 5.37. The molecule has 6 nitrogen and oxygen atoms in total. The minimum Gasteiger partial charge on any atom is -0.481 e. The van der Waals surface area contributed by atoms with Crippen molar-refractivity contribution in [1.29, 1.82) is 0 Å². The number of esters is 1. The number of methoxy groups -OCH3 is 1. The molecule has 2 N–H and O–H groups in total. The Hall–Kier alpha value is -2.08. The zero-order valence-corrected chi connectivity index (χ0v) is 13.4. The van der Waals surface area contributed by atoms with Crippen molar-refractivity contribution in [3.8, 4) is 0 Å². The van der Waals surface area contributed by atoms with E-state index in [1.54, 1.807) is 13.8 Å². The molecular formula is C15H18ClNO5. The van der Waals surface area contributed by atoms with E-state index in [4.69, 9.17) is 16.7 Å². The van der Waals surface area contributed by atoms with Crippen molar-refractivity contribution in [2.24, 2.45) is 5.41 Å². The molecule has 0 aliphatic heterocycles. The monoisotopic (exact) mass is 327 g/mol. The summed E-state index contributed by atoms with van der Waals surface area (Å²) in [6.45, 7) is 3.38. The van der Waals surface area contributed by atoms with Gasteiger partial charge in [0.2, 0.25) is 5.91 Å². The Morgan fingerprint density at radius 3 is 2.45 bits per heavy atom. The van der Waals surface area contributed by atoms with Gasteiger partial charge in [-0.05, 0) is 23.6 Å². The van der Waals surface area contributed by atoms with Crippen molar-refractivity contribution in [3.05, 3.63) is 28.8 Å². The molecule has 0 saturated carbocycles. The highest BCUT2D eigenvalue weighted by Crippen LogP contribution is 2.28. The number of carbonyl (C=O) groups is 3. The number of benzene rings is 1. The number of aliphatic carboxylic acids is 1. The van der Waals surface area contributed by atoms with E-state index >= 15 is 0 Å². The lowest BCUT2D eigenvalue weighted by atomic mass is 9.85. The number of nitrogens with one attached hydrogen (secondary N) is 1. The number of amides is 1. The Kier molecular flexibility index (Phi) is 5.93. The van der Waals surface area contributed by atoms with E-state index < -0.39 is 17.4 Å². The molecule has 0 aliphatic carbocycles. The number of carbonyl (C=O) groups excluding carboxylic acids is 2. The molecule has 22 heavy (non-hydrogen) atoms. The lowest BCUT2D eigenvalue weighted by Crippen LogP contribution is -2.25. The van der Waals surface area contributed by atoms with Crippen molar-refractivity contribution in [2.75, 3.05) is 12.4 Å². The summed E-state index contributed by atoms with van der Waals surface area (Å²) in [6, 6.07) is 4.38. The van der Waals surface area contributed by atoms with Gasteiger partial charge in [0.05, 0.1) is 29.8 Å². The molecule has 0 fully saturated rings. The number of anilines is 1. The van der Waals surface area contributed by atoms with Crippen LogP contribution in [-0.4, -0.2) is 30.1 Å². The minimum atomic E-state index is -0.969. The van der Waals surface area contributed by atoms with Gasteiger partial charge in [0.15, 0.2) is 0 Å². The Morgan fingerprint density at radius 1 is 1.27 bits per heavy atom. The summed E-state index contributed by atoms with van der Waals surface area (Å²) in [5.41, 5.74) is -0.157. The molecule has 0 atom stereocenters. The summed E-state index contributed by atoms with van der Waals surface area (Å²) >= 11 is 5.98. The number of hydrogen-bond acceptors (Lipinski definition) is 4. The van der Waals surface area contributed by atoms with E-state index in [0.717, 1.165) is 0 Å². The summed E-state index contributed by atoms with van der Waals surface area (Å²) in [6.07, 6.45) is -0.117. The van der Waals surface area contributed by atoms with Crippen LogP contribution in [0.4, 0.5) is 5.69 Å². The molecule has 0 aromatic heterocycles. The van der Waals surface area contributed by atoms with Crippen molar-refractivity contribution < 1.29 is 24.2 Å². The molecule has 1 aromatic rings. The molecule has 7 heteroatoms. The molecule has 0 saturated heterocycles. The van der Waals surface area contributed by atoms with Gasteiger partial charge in [0.1, 0.15) is 0 Å². The first kappa shape index (κ1) is 18.0. The zero-order valence-electron chi connectivity index (χ0n) is 12.6. The van der Waals surface area contributed by atoms with Crippen LogP contribution in [0, 0.1) is 5.41 Å². The largest absolute Gasteiger partial charge is 0.481 e. The maximum atomic E-state index is 12.0. The second kappa shape index (κ2) is 7.26. The second-order valence-electron chi connectivity index (χ2n) is 5.65. The van der Waals surface area contributed by atoms with Crippen LogP contribution in [0.2, 0.25) is 5.02 Å². The molecule has 1 amide bonds. The van der Waals surface area contributed by atoms with Crippen LogP contribution < -0.4 is 5.32 Å². The van der Waals surface area contributed by atoms with E-state index in [9.17, 15) is 14.4 Å². The predicted octanol–water partition coefficient (Wildman–Crippen LogP) is 2.96. The van der Waals surface area contributed by atoms with Crippen molar-refractivity contribution >= 4 is 35.1 Å². The van der Waals surface area contributed by atoms with Crippen LogP contribution in [0.3, 0.4) is 0 Å². The number of ether oxygens (including phenoxy) is 1. The molecule has 0 spiro atoms. The first-order valence-corrected chi connectivity index (χ1v) is 6.92. The quantitative estimate of drug-likeness (QED) is 0.783. The molecule has 0 unspecified atom stereocenters. The van der Waals surface area contributed by atoms with Crippen LogP contribution >= 0.6 is 11.6 Å². The van der Waals surface area contributed by atoms with E-state index in [1.807, 2.05) is 0 Å². The van der Waals surface area contributed by atoms with Gasteiger partial charge in [0.25, 0.3) is 0 Å². The summed E-state index contributed by atoms with van der Waals surface area (Å²) in [7, 11) is 1.25. The molecule has 1 aromatic carbocycles. The predicted molar refractivity (Wildman–Crippen MR) is 82.1 cm³/mol. The third-order valence-electron chi connectivity index (χ3n) is 2.93. The molecule has 0 aliphatic rings. The van der Waals surface area contributed by atoms with Crippen LogP contribution in [0.1, 0.15) is 37.0 Å². The van der Waals surface area contributed by atoms with Gasteiger partial charge in [-0.2, -0.15) is 0 Å². The van der Waals surface area contributed by atoms with Crippen molar-refractivity contribution in [2.45, 2.75) is 26.7 Å². The zero-order chi connectivity index (χ0) is 16.9. The highest BCUT2D eigenvalue weighted by Gasteiger charge is 2.25. The molecule has 1 rings (SSSR count). The second-order valence-corrected chi connectivity index (χ2v) is 6.05. The fraction of sp³-hybridized carbons (Fsp3) is 0.400. The lowest BCUT2D eigenvalue weighted by molar-refractivity contribution is -0.139. The summed E-state index contributed by atoms with van der Waals surface area (Å²) in [4.78, 5) is 34.3. The van der Waals surface area contributed by atoms with Crippen LogP contribution in [-0.2, 0) is 14.3 Å². The Morgan fingerprint density at radius 2 is 1.91 bits per heavy atom. The third-order valence-corrected chi connectivity index (χ3v) is 3.26. The standard InChI is InChI=1S/C15H18ClNO5/c1-15(2,8-13(19)20)7-12(18)17-11-6-9(14(21)22-3)4-5-10(11)16/h4-6H,7-8H2,1-3H3,(H,17,18)(H,19,20). The van der Waals surface area contributed by atoms with Crippen LogP contribution in [0.25, 0.3) is 0 Å². The normalized spacial score (nSPS) is 10.9. The highest BCUT2D eigenvalue weighted by atomic mass is 35.5. The number of halogens is 1. The first-order valence-electron chi connectivity index (χ1n) is 6.54. The lowest BCUT2D eigenvalue weighted by Gasteiger charge is -2.21. The number of carboxylic acid groups (broad SMARTS) is 1. The smallest absolute Gasteiger partial charge is 0.337 e. The van der Waals surface area contributed by atoms with Gasteiger partial charge in [-0.15, -0.1) is 0 Å². The molecule has 0 heterocycles. The SMILES string of the molecule is COC(=O)c1ccc(Cl)c(NC(=O)CC(C)(C)CC(=O)O)c1. The van der Waals surface area contributed by atoms with E-state index in [2.05, 4.69) is 10.1 Å². The topological polar surface area (TPSA) is 92.7 Å². The minimum absolute atomic E-state index is 0.0120. The number of rotatable bonds is 6. The Balaban J connectivity index is 2.84. The molecule has 0 bridgehead atoms. The van der Waals surface area contributed by atoms with Crippen molar-refractivity contribution in [3.63, 3.8) is 0 Å². The fourth-order valence-electron chi connectivity index (χ4n) is 1.97. The molecular weight excluding hydrogens is 310 g/mol. The average Bonchev–Trinajstić information content (AvgIpc) is 2.38. The molecule has 120 valence electrons. The van der Waals surface area contributed by atoms with Gasteiger partial charge in [0, 0.05) is 6.42 Å². The fourth-order valence-corrected chi connectivity index (χ4v) is 2.13.